The fourth-order valence-corrected chi connectivity index (χ4v) is 1.69. The number of nitrogens with one attached hydrogen (secondary N) is 1. The normalized spacial score (nSPS) is 28.6. The number of hydrogen-bond acceptors (Lipinski definition) is 2. The Labute approximate surface area is 82.3 Å². The molecular weight excluding hydrogens is 160 g/mol. The Kier molecular flexibility index (Phi) is 3.74. The molecule has 0 radical (unpaired) electrons. The van der Waals surface area contributed by atoms with Gasteiger partial charge in [-0.05, 0) is 37.1 Å². The maximum Gasteiger partial charge on any atom is 0.00450 e. The smallest absolute Gasteiger partial charge is 0.00450 e. The predicted molar refractivity (Wildman–Crippen MR) is 57.6 cm³/mol. The van der Waals surface area contributed by atoms with Gasteiger partial charge in [-0.1, -0.05) is 20.8 Å². The first-order chi connectivity index (χ1) is 6.03. The first kappa shape index (κ1) is 11.0. The molecule has 0 saturated heterocycles. The fraction of sp³-hybridized carbons (Fsp3) is 1.00. The van der Waals surface area contributed by atoms with Gasteiger partial charge in [-0.2, -0.15) is 0 Å². The molecular formula is C11H24N2. The van der Waals surface area contributed by atoms with Crippen molar-refractivity contribution < 1.29 is 0 Å². The van der Waals surface area contributed by atoms with E-state index >= 15 is 0 Å². The van der Waals surface area contributed by atoms with Crippen molar-refractivity contribution in [2.75, 3.05) is 13.1 Å². The van der Waals surface area contributed by atoms with Crippen molar-refractivity contribution >= 4 is 0 Å². The molecule has 1 aliphatic carbocycles. The maximum absolute atomic E-state index is 5.72. The van der Waals surface area contributed by atoms with Crippen molar-refractivity contribution in [3.63, 3.8) is 0 Å². The van der Waals surface area contributed by atoms with Crippen molar-refractivity contribution in [1.29, 1.82) is 0 Å². The van der Waals surface area contributed by atoms with Crippen molar-refractivity contribution in [3.05, 3.63) is 0 Å². The molecule has 0 spiro atoms. The zero-order valence-corrected chi connectivity index (χ0v) is 9.27. The molecule has 0 amide bonds. The minimum Gasteiger partial charge on any atom is -0.328 e. The molecule has 0 aromatic rings. The minimum absolute atomic E-state index is 0.450. The van der Waals surface area contributed by atoms with Crippen molar-refractivity contribution in [2.24, 2.45) is 17.1 Å². The Hall–Kier alpha value is -0.0800. The summed E-state index contributed by atoms with van der Waals surface area (Å²) in [5, 5.41) is 3.54. The SMILES string of the molecule is CCC(C)(C)CNCC1CC(N)C1. The van der Waals surface area contributed by atoms with E-state index in [4.69, 9.17) is 5.73 Å². The van der Waals surface area contributed by atoms with E-state index in [0.717, 1.165) is 19.0 Å². The van der Waals surface area contributed by atoms with Gasteiger partial charge in [0.05, 0.1) is 0 Å². The van der Waals surface area contributed by atoms with Gasteiger partial charge < -0.3 is 11.1 Å². The summed E-state index contributed by atoms with van der Waals surface area (Å²) in [6.07, 6.45) is 3.68. The topological polar surface area (TPSA) is 38.0 Å². The van der Waals surface area contributed by atoms with E-state index in [1.165, 1.54) is 19.3 Å². The molecule has 1 rings (SSSR count). The largest absolute Gasteiger partial charge is 0.328 e. The number of rotatable bonds is 5. The van der Waals surface area contributed by atoms with Crippen LogP contribution in [0.15, 0.2) is 0 Å². The van der Waals surface area contributed by atoms with Gasteiger partial charge in [0.25, 0.3) is 0 Å². The summed E-state index contributed by atoms with van der Waals surface area (Å²) >= 11 is 0. The summed E-state index contributed by atoms with van der Waals surface area (Å²) in [6, 6.07) is 0.492. The predicted octanol–water partition coefficient (Wildman–Crippen LogP) is 1.75. The van der Waals surface area contributed by atoms with Crippen LogP contribution in [0.1, 0.15) is 40.0 Å². The van der Waals surface area contributed by atoms with Gasteiger partial charge in [0.2, 0.25) is 0 Å². The van der Waals surface area contributed by atoms with Crippen LogP contribution in [0.25, 0.3) is 0 Å². The average Bonchev–Trinajstić information content (AvgIpc) is 2.01. The monoisotopic (exact) mass is 184 g/mol. The lowest BCUT2D eigenvalue weighted by atomic mass is 9.80. The molecule has 3 N–H and O–H groups in total. The van der Waals surface area contributed by atoms with Gasteiger partial charge in [0, 0.05) is 12.6 Å². The first-order valence-electron chi connectivity index (χ1n) is 5.50. The molecule has 0 aromatic heterocycles. The Morgan fingerprint density at radius 1 is 1.38 bits per heavy atom. The van der Waals surface area contributed by atoms with Gasteiger partial charge in [0.1, 0.15) is 0 Å². The molecule has 0 atom stereocenters. The van der Waals surface area contributed by atoms with Crippen LogP contribution in [-0.2, 0) is 0 Å². The molecule has 13 heavy (non-hydrogen) atoms. The lowest BCUT2D eigenvalue weighted by Crippen LogP contribution is -2.43. The maximum atomic E-state index is 5.72. The molecule has 2 heteroatoms. The van der Waals surface area contributed by atoms with Crippen LogP contribution in [-0.4, -0.2) is 19.1 Å². The van der Waals surface area contributed by atoms with Crippen molar-refractivity contribution in [2.45, 2.75) is 46.1 Å². The highest BCUT2D eigenvalue weighted by molar-refractivity contribution is 4.84. The van der Waals surface area contributed by atoms with Crippen LogP contribution < -0.4 is 11.1 Å². The Morgan fingerprint density at radius 2 is 2.00 bits per heavy atom. The van der Waals surface area contributed by atoms with Gasteiger partial charge in [-0.15, -0.1) is 0 Å². The molecule has 1 aliphatic rings. The van der Waals surface area contributed by atoms with Crippen LogP contribution in [0.5, 0.6) is 0 Å². The number of nitrogens with two attached hydrogens (primary N) is 1. The second-order valence-corrected chi connectivity index (χ2v) is 5.25. The lowest BCUT2D eigenvalue weighted by Gasteiger charge is -2.33. The zero-order valence-electron chi connectivity index (χ0n) is 9.27. The van der Waals surface area contributed by atoms with E-state index < -0.39 is 0 Å². The van der Waals surface area contributed by atoms with Gasteiger partial charge in [0.15, 0.2) is 0 Å². The summed E-state index contributed by atoms with van der Waals surface area (Å²) in [4.78, 5) is 0. The van der Waals surface area contributed by atoms with Crippen LogP contribution in [0, 0.1) is 11.3 Å². The molecule has 0 unspecified atom stereocenters. The van der Waals surface area contributed by atoms with Gasteiger partial charge >= 0.3 is 0 Å². The third-order valence-corrected chi connectivity index (χ3v) is 3.27. The third kappa shape index (κ3) is 3.65. The summed E-state index contributed by atoms with van der Waals surface area (Å²) in [5.41, 5.74) is 6.18. The highest BCUT2D eigenvalue weighted by Crippen LogP contribution is 2.25. The van der Waals surface area contributed by atoms with E-state index in [-0.39, 0.29) is 0 Å². The fourth-order valence-electron chi connectivity index (χ4n) is 1.69. The van der Waals surface area contributed by atoms with E-state index in [0.29, 0.717) is 11.5 Å². The summed E-state index contributed by atoms with van der Waals surface area (Å²) < 4.78 is 0. The molecule has 78 valence electrons. The van der Waals surface area contributed by atoms with Crippen LogP contribution in [0.2, 0.25) is 0 Å². The van der Waals surface area contributed by atoms with Crippen LogP contribution >= 0.6 is 0 Å². The van der Waals surface area contributed by atoms with Crippen molar-refractivity contribution in [1.82, 2.24) is 5.32 Å². The molecule has 2 nitrogen and oxygen atoms in total. The summed E-state index contributed by atoms with van der Waals surface area (Å²) in [5.74, 6) is 0.850. The van der Waals surface area contributed by atoms with Gasteiger partial charge in [-0.25, -0.2) is 0 Å². The second-order valence-electron chi connectivity index (χ2n) is 5.25. The quantitative estimate of drug-likeness (QED) is 0.683. The van der Waals surface area contributed by atoms with Crippen LogP contribution in [0.3, 0.4) is 0 Å². The van der Waals surface area contributed by atoms with Crippen LogP contribution in [0.4, 0.5) is 0 Å². The second kappa shape index (κ2) is 4.43. The first-order valence-corrected chi connectivity index (χ1v) is 5.50. The molecule has 1 saturated carbocycles. The van der Waals surface area contributed by atoms with E-state index in [9.17, 15) is 0 Å². The third-order valence-electron chi connectivity index (χ3n) is 3.27. The van der Waals surface area contributed by atoms with Gasteiger partial charge in [-0.3, -0.25) is 0 Å². The standard InChI is InChI=1S/C11H24N2/c1-4-11(2,3)8-13-7-9-5-10(12)6-9/h9-10,13H,4-8,12H2,1-3H3. The Bertz CT molecular complexity index is 148. The average molecular weight is 184 g/mol. The molecule has 0 bridgehead atoms. The summed E-state index contributed by atoms with van der Waals surface area (Å²) in [7, 11) is 0. The lowest BCUT2D eigenvalue weighted by molar-refractivity contribution is 0.238. The zero-order chi connectivity index (χ0) is 9.90. The Morgan fingerprint density at radius 3 is 2.46 bits per heavy atom. The molecule has 1 fully saturated rings. The number of hydrogen-bond donors (Lipinski definition) is 2. The van der Waals surface area contributed by atoms with E-state index in [1.54, 1.807) is 0 Å². The molecule has 0 aliphatic heterocycles. The summed E-state index contributed by atoms with van der Waals surface area (Å²) in [6.45, 7) is 9.17. The molecule has 0 heterocycles. The Balaban J connectivity index is 2.01. The highest BCUT2D eigenvalue weighted by Gasteiger charge is 2.25. The van der Waals surface area contributed by atoms with E-state index in [1.807, 2.05) is 0 Å². The highest BCUT2D eigenvalue weighted by atomic mass is 14.9. The molecule has 0 aromatic carbocycles. The minimum atomic E-state index is 0.450. The van der Waals surface area contributed by atoms with E-state index in [2.05, 4.69) is 26.1 Å². The van der Waals surface area contributed by atoms with Crippen molar-refractivity contribution in [3.8, 4) is 0 Å².